The van der Waals surface area contributed by atoms with Gasteiger partial charge in [-0.1, -0.05) is 26.7 Å². The van der Waals surface area contributed by atoms with Gasteiger partial charge in [-0.2, -0.15) is 0 Å². The average Bonchev–Trinajstić information content (AvgIpc) is 2.42. The summed E-state index contributed by atoms with van der Waals surface area (Å²) < 4.78 is 1.19. The highest BCUT2D eigenvalue weighted by atomic mass is 127. The van der Waals surface area contributed by atoms with Crippen molar-refractivity contribution in [3.63, 3.8) is 0 Å². The van der Waals surface area contributed by atoms with E-state index in [-0.39, 0.29) is 0 Å². The van der Waals surface area contributed by atoms with Crippen molar-refractivity contribution in [3.05, 3.63) is 15.1 Å². The minimum Gasteiger partial charge on any atom is -0.369 e. The van der Waals surface area contributed by atoms with Gasteiger partial charge in [0.2, 0.25) is 0 Å². The van der Waals surface area contributed by atoms with Crippen LogP contribution in [0.15, 0.2) is 0 Å². The molecule has 1 aliphatic rings. The zero-order valence-electron chi connectivity index (χ0n) is 12.2. The van der Waals surface area contributed by atoms with Gasteiger partial charge in [0.15, 0.2) is 0 Å². The molecule has 0 radical (unpaired) electrons. The third kappa shape index (κ3) is 3.58. The molecule has 1 N–H and O–H groups in total. The molecule has 0 saturated heterocycles. The van der Waals surface area contributed by atoms with Gasteiger partial charge in [0.05, 0.1) is 9.26 Å². The summed E-state index contributed by atoms with van der Waals surface area (Å²) in [4.78, 5) is 9.61. The molecule has 0 unspecified atom stereocenters. The van der Waals surface area contributed by atoms with Crippen molar-refractivity contribution in [2.24, 2.45) is 5.92 Å². The lowest BCUT2D eigenvalue weighted by molar-refractivity contribution is 0.339. The third-order valence-corrected chi connectivity index (χ3v) is 5.13. The molecule has 0 bridgehead atoms. The third-order valence-electron chi connectivity index (χ3n) is 4.00. The predicted octanol–water partition coefficient (Wildman–Crippen LogP) is 4.37. The largest absolute Gasteiger partial charge is 0.369 e. The zero-order chi connectivity index (χ0) is 13.8. The van der Waals surface area contributed by atoms with Gasteiger partial charge in [-0.3, -0.25) is 0 Å². The quantitative estimate of drug-likeness (QED) is 0.797. The van der Waals surface area contributed by atoms with Crippen molar-refractivity contribution in [1.82, 2.24) is 9.97 Å². The van der Waals surface area contributed by atoms with Gasteiger partial charge in [-0.25, -0.2) is 9.97 Å². The van der Waals surface area contributed by atoms with Crippen LogP contribution in [-0.2, 0) is 6.42 Å². The van der Waals surface area contributed by atoms with Gasteiger partial charge in [0, 0.05) is 12.5 Å². The first kappa shape index (κ1) is 15.0. The first-order valence-corrected chi connectivity index (χ1v) is 8.53. The van der Waals surface area contributed by atoms with E-state index in [0.29, 0.717) is 5.92 Å². The van der Waals surface area contributed by atoms with Gasteiger partial charge < -0.3 is 5.32 Å². The topological polar surface area (TPSA) is 37.8 Å². The lowest BCUT2D eigenvalue weighted by Crippen LogP contribution is -2.16. The summed E-state index contributed by atoms with van der Waals surface area (Å²) in [5.41, 5.74) is 1.19. The van der Waals surface area contributed by atoms with E-state index in [1.54, 1.807) is 0 Å². The van der Waals surface area contributed by atoms with Crippen LogP contribution in [0.3, 0.4) is 0 Å². The molecule has 0 atom stereocenters. The van der Waals surface area contributed by atoms with Crippen LogP contribution >= 0.6 is 22.6 Å². The smallest absolute Gasteiger partial charge is 0.143 e. The molecule has 1 fully saturated rings. The minimum atomic E-state index is 0.566. The number of rotatable bonds is 4. The SMILES string of the molecule is CCNc1nc(C2CCC(C)CC2)nc(CC)c1I. The van der Waals surface area contributed by atoms with Crippen molar-refractivity contribution >= 4 is 28.4 Å². The minimum absolute atomic E-state index is 0.566. The molecular formula is C15H24IN3. The summed E-state index contributed by atoms with van der Waals surface area (Å²) >= 11 is 2.37. The van der Waals surface area contributed by atoms with E-state index in [9.17, 15) is 0 Å². The van der Waals surface area contributed by atoms with Gasteiger partial charge >= 0.3 is 0 Å². The first-order chi connectivity index (χ1) is 9.15. The molecule has 3 nitrogen and oxygen atoms in total. The van der Waals surface area contributed by atoms with Crippen LogP contribution in [0.2, 0.25) is 0 Å². The number of nitrogens with one attached hydrogen (secondary N) is 1. The van der Waals surface area contributed by atoms with Crippen molar-refractivity contribution in [1.29, 1.82) is 0 Å². The lowest BCUT2D eigenvalue weighted by Gasteiger charge is -2.26. The Labute approximate surface area is 130 Å². The maximum atomic E-state index is 4.82. The summed E-state index contributed by atoms with van der Waals surface area (Å²) in [5.74, 6) is 3.54. The second-order valence-electron chi connectivity index (χ2n) is 5.53. The second kappa shape index (κ2) is 6.86. The van der Waals surface area contributed by atoms with Crippen LogP contribution in [0.25, 0.3) is 0 Å². The van der Waals surface area contributed by atoms with E-state index in [4.69, 9.17) is 9.97 Å². The van der Waals surface area contributed by atoms with Crippen molar-refractivity contribution < 1.29 is 0 Å². The molecule has 19 heavy (non-hydrogen) atoms. The monoisotopic (exact) mass is 373 g/mol. The van der Waals surface area contributed by atoms with E-state index in [1.165, 1.54) is 34.9 Å². The Kier molecular flexibility index (Phi) is 5.42. The van der Waals surface area contributed by atoms with Gasteiger partial charge in [-0.15, -0.1) is 0 Å². The highest BCUT2D eigenvalue weighted by molar-refractivity contribution is 14.1. The van der Waals surface area contributed by atoms with Crippen LogP contribution in [0.1, 0.15) is 63.9 Å². The maximum Gasteiger partial charge on any atom is 0.143 e. The highest BCUT2D eigenvalue weighted by Crippen LogP contribution is 2.35. The Balaban J connectivity index is 2.27. The molecule has 0 aliphatic heterocycles. The van der Waals surface area contributed by atoms with E-state index in [0.717, 1.165) is 30.5 Å². The number of nitrogens with zero attached hydrogens (tertiary/aromatic N) is 2. The molecule has 0 aromatic carbocycles. The Morgan fingerprint density at radius 3 is 2.42 bits per heavy atom. The van der Waals surface area contributed by atoms with Crippen LogP contribution in [0.5, 0.6) is 0 Å². The molecule has 0 amide bonds. The average molecular weight is 373 g/mol. The summed E-state index contributed by atoms with van der Waals surface area (Å²) in [7, 11) is 0. The van der Waals surface area contributed by atoms with Crippen LogP contribution < -0.4 is 5.32 Å². The Morgan fingerprint density at radius 2 is 1.84 bits per heavy atom. The lowest BCUT2D eigenvalue weighted by atomic mass is 9.82. The summed E-state index contributed by atoms with van der Waals surface area (Å²) in [6, 6.07) is 0. The summed E-state index contributed by atoms with van der Waals surface area (Å²) in [6.07, 6.45) is 6.11. The van der Waals surface area contributed by atoms with Gasteiger partial charge in [0.25, 0.3) is 0 Å². The Hall–Kier alpha value is -0.390. The Morgan fingerprint density at radius 1 is 1.16 bits per heavy atom. The zero-order valence-corrected chi connectivity index (χ0v) is 14.3. The summed E-state index contributed by atoms with van der Waals surface area (Å²) in [6.45, 7) is 7.56. The van der Waals surface area contributed by atoms with Crippen LogP contribution in [0.4, 0.5) is 5.82 Å². The van der Waals surface area contributed by atoms with E-state index >= 15 is 0 Å². The molecule has 1 heterocycles. The fraction of sp³-hybridized carbons (Fsp3) is 0.733. The number of aryl methyl sites for hydroxylation is 1. The molecule has 0 spiro atoms. The standard InChI is InChI=1S/C15H24IN3/c1-4-12-13(16)15(17-5-2)19-14(18-12)11-8-6-10(3)7-9-11/h10-11H,4-9H2,1-3H3,(H,17,18,19). The molecule has 4 heteroatoms. The number of anilines is 1. The van der Waals surface area contributed by atoms with Gasteiger partial charge in [-0.05, 0) is 54.7 Å². The summed E-state index contributed by atoms with van der Waals surface area (Å²) in [5, 5.41) is 3.38. The van der Waals surface area contributed by atoms with Crippen molar-refractivity contribution in [2.45, 2.75) is 58.8 Å². The number of halogens is 1. The molecule has 1 aromatic rings. The molecule has 106 valence electrons. The number of hydrogen-bond donors (Lipinski definition) is 1. The molecule has 2 rings (SSSR count). The number of aromatic nitrogens is 2. The van der Waals surface area contributed by atoms with Crippen molar-refractivity contribution in [3.8, 4) is 0 Å². The van der Waals surface area contributed by atoms with Crippen LogP contribution in [-0.4, -0.2) is 16.5 Å². The maximum absolute atomic E-state index is 4.82. The fourth-order valence-corrected chi connectivity index (χ4v) is 3.55. The molecular weight excluding hydrogens is 349 g/mol. The molecule has 1 saturated carbocycles. The molecule has 1 aliphatic carbocycles. The van der Waals surface area contributed by atoms with E-state index < -0.39 is 0 Å². The van der Waals surface area contributed by atoms with Crippen molar-refractivity contribution in [2.75, 3.05) is 11.9 Å². The second-order valence-corrected chi connectivity index (χ2v) is 6.61. The fourth-order valence-electron chi connectivity index (χ4n) is 2.73. The predicted molar refractivity (Wildman–Crippen MR) is 88.7 cm³/mol. The first-order valence-electron chi connectivity index (χ1n) is 7.45. The van der Waals surface area contributed by atoms with E-state index in [1.807, 2.05) is 0 Å². The van der Waals surface area contributed by atoms with Crippen LogP contribution in [0, 0.1) is 9.49 Å². The number of hydrogen-bond acceptors (Lipinski definition) is 3. The normalized spacial score (nSPS) is 23.4. The van der Waals surface area contributed by atoms with Gasteiger partial charge in [0.1, 0.15) is 11.6 Å². The highest BCUT2D eigenvalue weighted by Gasteiger charge is 2.23. The van der Waals surface area contributed by atoms with E-state index in [2.05, 4.69) is 48.7 Å². The Bertz CT molecular complexity index is 426. The molecule has 1 aromatic heterocycles.